The average molecular weight is 466 g/mol. The van der Waals surface area contributed by atoms with Gasteiger partial charge < -0.3 is 14.8 Å². The molecule has 0 spiro atoms. The molecular formula is C25H24ClN3O4. The number of hydrogen-bond acceptors (Lipinski definition) is 5. The minimum absolute atomic E-state index is 0.212. The molecule has 0 saturated carbocycles. The van der Waals surface area contributed by atoms with Crippen LogP contribution in [0.3, 0.4) is 0 Å². The van der Waals surface area contributed by atoms with Gasteiger partial charge in [-0.15, -0.1) is 0 Å². The minimum Gasteiger partial charge on any atom is -0.490 e. The molecule has 0 atom stereocenters. The van der Waals surface area contributed by atoms with Gasteiger partial charge in [0, 0.05) is 23.2 Å². The van der Waals surface area contributed by atoms with Crippen molar-refractivity contribution in [3.63, 3.8) is 0 Å². The molecule has 0 aliphatic carbocycles. The summed E-state index contributed by atoms with van der Waals surface area (Å²) in [4.78, 5) is 23.5. The van der Waals surface area contributed by atoms with Crippen LogP contribution in [-0.4, -0.2) is 24.6 Å². The first-order valence-corrected chi connectivity index (χ1v) is 10.7. The average Bonchev–Trinajstić information content (AvgIpc) is 2.79. The highest BCUT2D eigenvalue weighted by Crippen LogP contribution is 2.29. The number of benzene rings is 3. The van der Waals surface area contributed by atoms with Crippen LogP contribution in [0.2, 0.25) is 5.02 Å². The van der Waals surface area contributed by atoms with Crippen molar-refractivity contribution in [2.45, 2.75) is 20.5 Å². The lowest BCUT2D eigenvalue weighted by atomic mass is 10.2. The summed E-state index contributed by atoms with van der Waals surface area (Å²) in [6, 6.07) is 19.4. The highest BCUT2D eigenvalue weighted by Gasteiger charge is 2.08. The van der Waals surface area contributed by atoms with E-state index in [2.05, 4.69) is 15.8 Å². The van der Waals surface area contributed by atoms with Crippen LogP contribution in [0.1, 0.15) is 35.3 Å². The highest BCUT2D eigenvalue weighted by atomic mass is 35.5. The number of carbonyl (C=O) groups excluding carboxylic acids is 2. The molecule has 0 aliphatic heterocycles. The lowest BCUT2D eigenvalue weighted by molar-refractivity contribution is -0.114. The first-order valence-electron chi connectivity index (χ1n) is 10.3. The second-order valence-corrected chi connectivity index (χ2v) is 7.45. The van der Waals surface area contributed by atoms with Gasteiger partial charge in [-0.25, -0.2) is 5.43 Å². The van der Waals surface area contributed by atoms with E-state index in [1.807, 2.05) is 37.3 Å². The Bertz CT molecular complexity index is 1150. The Balaban J connectivity index is 1.64. The van der Waals surface area contributed by atoms with Crippen LogP contribution in [-0.2, 0) is 11.4 Å². The molecule has 0 bridgehead atoms. The van der Waals surface area contributed by atoms with Gasteiger partial charge in [0.2, 0.25) is 5.91 Å². The van der Waals surface area contributed by atoms with Crippen LogP contribution in [0, 0.1) is 0 Å². The van der Waals surface area contributed by atoms with E-state index < -0.39 is 5.91 Å². The molecule has 0 saturated heterocycles. The third kappa shape index (κ3) is 7.36. The number of anilines is 1. The lowest BCUT2D eigenvalue weighted by Crippen LogP contribution is -2.18. The molecule has 0 fully saturated rings. The topological polar surface area (TPSA) is 89.0 Å². The summed E-state index contributed by atoms with van der Waals surface area (Å²) >= 11 is 5.92. The molecule has 0 unspecified atom stereocenters. The van der Waals surface area contributed by atoms with Gasteiger partial charge in [-0.05, 0) is 66.6 Å². The van der Waals surface area contributed by atoms with Crippen molar-refractivity contribution in [3.05, 3.63) is 88.4 Å². The number of amides is 2. The van der Waals surface area contributed by atoms with Crippen LogP contribution >= 0.6 is 11.6 Å². The van der Waals surface area contributed by atoms with E-state index in [4.69, 9.17) is 21.1 Å². The Morgan fingerprint density at radius 2 is 1.79 bits per heavy atom. The van der Waals surface area contributed by atoms with Crippen molar-refractivity contribution in [2.75, 3.05) is 11.9 Å². The number of halogens is 1. The summed E-state index contributed by atoms with van der Waals surface area (Å²) in [7, 11) is 0. The summed E-state index contributed by atoms with van der Waals surface area (Å²) in [5.41, 5.74) is 5.10. The predicted octanol–water partition coefficient (Wildman–Crippen LogP) is 5.04. The van der Waals surface area contributed by atoms with Crippen molar-refractivity contribution < 1.29 is 19.1 Å². The van der Waals surface area contributed by atoms with Gasteiger partial charge in [0.15, 0.2) is 11.5 Å². The number of carbonyl (C=O) groups is 2. The van der Waals surface area contributed by atoms with Gasteiger partial charge in [-0.1, -0.05) is 29.8 Å². The van der Waals surface area contributed by atoms with E-state index >= 15 is 0 Å². The standard InChI is InChI=1S/C25H24ClN3O4/c1-3-32-24-13-19(9-12-23(24)33-16-18-7-10-21(26)11-8-18)15-27-29-25(31)20-5-4-6-22(14-20)28-17(2)30/h4-15H,3,16H2,1-2H3,(H,28,30)(H,29,31)/b27-15-. The van der Waals surface area contributed by atoms with E-state index in [1.165, 1.54) is 13.1 Å². The van der Waals surface area contributed by atoms with Crippen molar-refractivity contribution >= 4 is 35.3 Å². The zero-order valence-electron chi connectivity index (χ0n) is 18.3. The zero-order valence-corrected chi connectivity index (χ0v) is 19.1. The summed E-state index contributed by atoms with van der Waals surface area (Å²) in [5.74, 6) is 0.565. The van der Waals surface area contributed by atoms with Crippen LogP contribution in [0.25, 0.3) is 0 Å². The summed E-state index contributed by atoms with van der Waals surface area (Å²) < 4.78 is 11.6. The Morgan fingerprint density at radius 3 is 2.52 bits per heavy atom. The Labute approximate surface area is 197 Å². The second-order valence-electron chi connectivity index (χ2n) is 7.02. The fourth-order valence-electron chi connectivity index (χ4n) is 2.91. The molecular weight excluding hydrogens is 442 g/mol. The molecule has 0 heterocycles. The number of rotatable bonds is 9. The van der Waals surface area contributed by atoms with Gasteiger partial charge in [0.1, 0.15) is 6.61 Å². The van der Waals surface area contributed by atoms with Crippen LogP contribution in [0.15, 0.2) is 71.8 Å². The third-order valence-electron chi connectivity index (χ3n) is 4.40. The van der Waals surface area contributed by atoms with E-state index in [-0.39, 0.29) is 5.91 Å². The molecule has 3 aromatic rings. The van der Waals surface area contributed by atoms with Gasteiger partial charge in [0.05, 0.1) is 12.8 Å². The molecule has 8 heteroatoms. The fraction of sp³-hybridized carbons (Fsp3) is 0.160. The van der Waals surface area contributed by atoms with Crippen molar-refractivity contribution in [1.29, 1.82) is 0 Å². The van der Waals surface area contributed by atoms with Crippen molar-refractivity contribution in [1.82, 2.24) is 5.43 Å². The lowest BCUT2D eigenvalue weighted by Gasteiger charge is -2.12. The summed E-state index contributed by atoms with van der Waals surface area (Å²) in [5, 5.41) is 7.33. The third-order valence-corrected chi connectivity index (χ3v) is 4.65. The monoisotopic (exact) mass is 465 g/mol. The van der Waals surface area contributed by atoms with Crippen molar-refractivity contribution in [3.8, 4) is 11.5 Å². The summed E-state index contributed by atoms with van der Waals surface area (Å²) in [6.07, 6.45) is 1.51. The van der Waals surface area contributed by atoms with Gasteiger partial charge >= 0.3 is 0 Å². The number of hydrogen-bond donors (Lipinski definition) is 2. The van der Waals surface area contributed by atoms with Gasteiger partial charge in [-0.3, -0.25) is 9.59 Å². The maximum absolute atomic E-state index is 12.3. The maximum Gasteiger partial charge on any atom is 0.271 e. The highest BCUT2D eigenvalue weighted by molar-refractivity contribution is 6.30. The van der Waals surface area contributed by atoms with Crippen LogP contribution in [0.5, 0.6) is 11.5 Å². The first-order chi connectivity index (χ1) is 15.9. The number of nitrogens with zero attached hydrogens (tertiary/aromatic N) is 1. The minimum atomic E-state index is -0.397. The van der Waals surface area contributed by atoms with Crippen molar-refractivity contribution in [2.24, 2.45) is 5.10 Å². The van der Waals surface area contributed by atoms with E-state index in [1.54, 1.807) is 36.4 Å². The molecule has 33 heavy (non-hydrogen) atoms. The normalized spacial score (nSPS) is 10.6. The molecule has 3 aromatic carbocycles. The maximum atomic E-state index is 12.3. The molecule has 3 rings (SSSR count). The smallest absolute Gasteiger partial charge is 0.271 e. The molecule has 7 nitrogen and oxygen atoms in total. The van der Waals surface area contributed by atoms with Crippen LogP contribution < -0.4 is 20.2 Å². The fourth-order valence-corrected chi connectivity index (χ4v) is 3.03. The number of ether oxygens (including phenoxy) is 2. The Morgan fingerprint density at radius 1 is 1.00 bits per heavy atom. The van der Waals surface area contributed by atoms with E-state index in [0.717, 1.165) is 11.1 Å². The molecule has 0 radical (unpaired) electrons. The molecule has 2 N–H and O–H groups in total. The second kappa shape index (κ2) is 11.7. The van der Waals surface area contributed by atoms with E-state index in [9.17, 15) is 9.59 Å². The molecule has 0 aromatic heterocycles. The van der Waals surface area contributed by atoms with Gasteiger partial charge in [0.25, 0.3) is 5.91 Å². The molecule has 0 aliphatic rings. The quantitative estimate of drug-likeness (QED) is 0.342. The Hall–Kier alpha value is -3.84. The van der Waals surface area contributed by atoms with Crippen LogP contribution in [0.4, 0.5) is 5.69 Å². The zero-order chi connectivity index (χ0) is 23.6. The SMILES string of the molecule is CCOc1cc(/C=N\NC(=O)c2cccc(NC(C)=O)c2)ccc1OCc1ccc(Cl)cc1. The van der Waals surface area contributed by atoms with E-state index in [0.29, 0.717) is 41.0 Å². The Kier molecular flexibility index (Phi) is 8.43. The first kappa shape index (κ1) is 23.8. The summed E-state index contributed by atoms with van der Waals surface area (Å²) in [6.45, 7) is 4.14. The number of nitrogens with one attached hydrogen (secondary N) is 2. The molecule has 2 amide bonds. The molecule has 170 valence electrons. The number of hydrazone groups is 1. The predicted molar refractivity (Wildman–Crippen MR) is 129 cm³/mol. The van der Waals surface area contributed by atoms with Gasteiger partial charge in [-0.2, -0.15) is 5.10 Å². The largest absolute Gasteiger partial charge is 0.490 e.